The van der Waals surface area contributed by atoms with Gasteiger partial charge in [-0.25, -0.2) is 9.97 Å². The Balaban J connectivity index is 1.47. The number of aromatic amines is 1. The zero-order valence-corrected chi connectivity index (χ0v) is 15.7. The van der Waals surface area contributed by atoms with E-state index >= 15 is 0 Å². The fourth-order valence-corrected chi connectivity index (χ4v) is 3.83. The minimum Gasteiger partial charge on any atom is -0.310 e. The minimum atomic E-state index is -0.323. The smallest absolute Gasteiger partial charge is 0.238 e. The normalized spacial score (nSPS) is 16.1. The third-order valence-corrected chi connectivity index (χ3v) is 5.59. The maximum absolute atomic E-state index is 12.2. The van der Waals surface area contributed by atoms with Crippen LogP contribution in [-0.4, -0.2) is 31.3 Å². The first-order valence-corrected chi connectivity index (χ1v) is 9.86. The van der Waals surface area contributed by atoms with Crippen LogP contribution in [0.3, 0.4) is 0 Å². The topological polar surface area (TPSA) is 83.6 Å². The maximum atomic E-state index is 12.2. The molecule has 1 fully saturated rings. The fraction of sp³-hybridized carbons (Fsp3) is 0.529. The number of nitrogens with zero attached hydrogens (tertiary/aromatic N) is 3. The third kappa shape index (κ3) is 5.44. The molecule has 2 aromatic rings. The van der Waals surface area contributed by atoms with Gasteiger partial charge in [0, 0.05) is 12.6 Å². The molecular formula is C17H22ClN5OS. The summed E-state index contributed by atoms with van der Waals surface area (Å²) in [5, 5.41) is 10.8. The van der Waals surface area contributed by atoms with Crippen molar-refractivity contribution in [3.8, 4) is 0 Å². The molecule has 1 aliphatic carbocycles. The number of thioether (sulfide) groups is 1. The van der Waals surface area contributed by atoms with Gasteiger partial charge in [0.2, 0.25) is 11.1 Å². The number of hydrogen-bond acceptors (Lipinski definition) is 5. The van der Waals surface area contributed by atoms with Crippen LogP contribution in [0.25, 0.3) is 0 Å². The summed E-state index contributed by atoms with van der Waals surface area (Å²) < 4.78 is 0. The van der Waals surface area contributed by atoms with Crippen molar-refractivity contribution in [3.05, 3.63) is 29.2 Å². The van der Waals surface area contributed by atoms with Gasteiger partial charge in [-0.05, 0) is 31.4 Å². The van der Waals surface area contributed by atoms with E-state index in [2.05, 4.69) is 25.5 Å². The monoisotopic (exact) mass is 379 g/mol. The van der Waals surface area contributed by atoms with Gasteiger partial charge in [0.15, 0.2) is 0 Å². The number of pyridine rings is 1. The molecule has 1 aliphatic rings. The van der Waals surface area contributed by atoms with Crippen LogP contribution in [0.1, 0.15) is 44.9 Å². The van der Waals surface area contributed by atoms with Crippen molar-refractivity contribution in [2.75, 3.05) is 5.32 Å². The molecule has 1 atom stereocenters. The highest BCUT2D eigenvalue weighted by Gasteiger charge is 2.19. The molecule has 0 aromatic carbocycles. The van der Waals surface area contributed by atoms with Crippen molar-refractivity contribution < 1.29 is 4.79 Å². The number of amides is 1. The Morgan fingerprint density at radius 3 is 2.96 bits per heavy atom. The molecule has 2 heterocycles. The van der Waals surface area contributed by atoms with Crippen molar-refractivity contribution in [2.24, 2.45) is 5.92 Å². The number of carbonyl (C=O) groups is 1. The van der Waals surface area contributed by atoms with E-state index < -0.39 is 0 Å². The summed E-state index contributed by atoms with van der Waals surface area (Å²) in [6, 6.07) is 3.36. The molecule has 8 heteroatoms. The summed E-state index contributed by atoms with van der Waals surface area (Å²) in [6.07, 6.45) is 8.98. The molecular weight excluding hydrogens is 358 g/mol. The zero-order valence-electron chi connectivity index (χ0n) is 14.2. The Labute approximate surface area is 156 Å². The van der Waals surface area contributed by atoms with Crippen LogP contribution in [0, 0.1) is 5.92 Å². The highest BCUT2D eigenvalue weighted by atomic mass is 35.5. The van der Waals surface area contributed by atoms with Crippen molar-refractivity contribution in [3.63, 3.8) is 0 Å². The second kappa shape index (κ2) is 8.67. The molecule has 1 amide bonds. The lowest BCUT2D eigenvalue weighted by atomic mass is 10.0. The fourth-order valence-electron chi connectivity index (χ4n) is 2.97. The van der Waals surface area contributed by atoms with E-state index in [-0.39, 0.29) is 11.2 Å². The standard InChI is InChI=1S/C17H22ClN5OS/c1-11(16(24)20-14-9-7-13(18)10-19-14)25-17-21-15(22-23-17)8-6-12-4-2-3-5-12/h7,9-12H,2-6,8H2,1H3,(H,19,20,24)(H,21,22,23). The lowest BCUT2D eigenvalue weighted by molar-refractivity contribution is -0.115. The number of hydrogen-bond donors (Lipinski definition) is 2. The second-order valence-electron chi connectivity index (χ2n) is 6.36. The summed E-state index contributed by atoms with van der Waals surface area (Å²) in [5.41, 5.74) is 0. The number of aromatic nitrogens is 4. The molecule has 134 valence electrons. The van der Waals surface area contributed by atoms with E-state index in [1.807, 2.05) is 6.92 Å². The Kier molecular flexibility index (Phi) is 6.31. The van der Waals surface area contributed by atoms with E-state index in [1.165, 1.54) is 43.6 Å². The SMILES string of the molecule is CC(Sc1n[nH]c(CCC2CCCC2)n1)C(=O)Nc1ccc(Cl)cn1. The van der Waals surface area contributed by atoms with Gasteiger partial charge in [0.25, 0.3) is 0 Å². The van der Waals surface area contributed by atoms with E-state index in [9.17, 15) is 4.79 Å². The Hall–Kier alpha value is -1.60. The molecule has 25 heavy (non-hydrogen) atoms. The van der Waals surface area contributed by atoms with Crippen molar-refractivity contribution in [1.29, 1.82) is 0 Å². The number of aryl methyl sites for hydroxylation is 1. The predicted molar refractivity (Wildman–Crippen MR) is 99.9 cm³/mol. The molecule has 0 radical (unpaired) electrons. The van der Waals surface area contributed by atoms with Gasteiger partial charge in [-0.15, -0.1) is 5.10 Å². The van der Waals surface area contributed by atoms with Gasteiger partial charge >= 0.3 is 0 Å². The van der Waals surface area contributed by atoms with Crippen LogP contribution in [0.2, 0.25) is 5.02 Å². The lowest BCUT2D eigenvalue weighted by Crippen LogP contribution is -2.23. The molecule has 0 spiro atoms. The highest BCUT2D eigenvalue weighted by Crippen LogP contribution is 2.28. The summed E-state index contributed by atoms with van der Waals surface area (Å²) in [6.45, 7) is 1.82. The number of anilines is 1. The first-order valence-electron chi connectivity index (χ1n) is 8.60. The van der Waals surface area contributed by atoms with Gasteiger partial charge in [-0.1, -0.05) is 49.0 Å². The summed E-state index contributed by atoms with van der Waals surface area (Å²) >= 11 is 7.12. The third-order valence-electron chi connectivity index (χ3n) is 4.41. The quantitative estimate of drug-likeness (QED) is 0.707. The van der Waals surface area contributed by atoms with Crippen LogP contribution in [-0.2, 0) is 11.2 Å². The van der Waals surface area contributed by atoms with E-state index in [4.69, 9.17) is 11.6 Å². The van der Waals surface area contributed by atoms with Gasteiger partial charge < -0.3 is 5.32 Å². The Morgan fingerprint density at radius 2 is 2.24 bits per heavy atom. The molecule has 1 saturated carbocycles. The van der Waals surface area contributed by atoms with Crippen molar-refractivity contribution in [2.45, 2.75) is 55.9 Å². The molecule has 0 aliphatic heterocycles. The molecule has 0 bridgehead atoms. The second-order valence-corrected chi connectivity index (χ2v) is 8.11. The average Bonchev–Trinajstić information content (AvgIpc) is 3.26. The lowest BCUT2D eigenvalue weighted by Gasteiger charge is -2.09. The number of nitrogens with one attached hydrogen (secondary N) is 2. The van der Waals surface area contributed by atoms with Crippen LogP contribution in [0.15, 0.2) is 23.5 Å². The molecule has 3 rings (SSSR count). The first kappa shape index (κ1) is 18.2. The molecule has 2 N–H and O–H groups in total. The van der Waals surface area contributed by atoms with Gasteiger partial charge in [-0.2, -0.15) is 0 Å². The van der Waals surface area contributed by atoms with Crippen LogP contribution in [0.5, 0.6) is 0 Å². The Bertz CT molecular complexity index is 699. The molecule has 1 unspecified atom stereocenters. The largest absolute Gasteiger partial charge is 0.310 e. The first-order chi connectivity index (χ1) is 12.1. The van der Waals surface area contributed by atoms with E-state index in [1.54, 1.807) is 12.1 Å². The van der Waals surface area contributed by atoms with Gasteiger partial charge in [0.05, 0.1) is 10.3 Å². The van der Waals surface area contributed by atoms with Crippen molar-refractivity contribution in [1.82, 2.24) is 20.2 Å². The minimum absolute atomic E-state index is 0.142. The average molecular weight is 380 g/mol. The zero-order chi connectivity index (χ0) is 17.6. The summed E-state index contributed by atoms with van der Waals surface area (Å²) in [4.78, 5) is 20.8. The van der Waals surface area contributed by atoms with Gasteiger partial charge in [-0.3, -0.25) is 9.89 Å². The van der Waals surface area contributed by atoms with E-state index in [0.29, 0.717) is 16.0 Å². The van der Waals surface area contributed by atoms with Crippen LogP contribution in [0.4, 0.5) is 5.82 Å². The summed E-state index contributed by atoms with van der Waals surface area (Å²) in [7, 11) is 0. The number of carbonyl (C=O) groups excluding carboxylic acids is 1. The summed E-state index contributed by atoms with van der Waals surface area (Å²) in [5.74, 6) is 2.07. The van der Waals surface area contributed by atoms with Crippen LogP contribution >= 0.6 is 23.4 Å². The predicted octanol–water partition coefficient (Wildman–Crippen LogP) is 4.10. The van der Waals surface area contributed by atoms with E-state index in [0.717, 1.165) is 24.6 Å². The number of rotatable bonds is 7. The van der Waals surface area contributed by atoms with Crippen LogP contribution < -0.4 is 5.32 Å². The Morgan fingerprint density at radius 1 is 1.44 bits per heavy atom. The number of H-pyrrole nitrogens is 1. The molecule has 0 saturated heterocycles. The highest BCUT2D eigenvalue weighted by molar-refractivity contribution is 8.00. The molecule has 6 nitrogen and oxygen atoms in total. The van der Waals surface area contributed by atoms with Crippen molar-refractivity contribution >= 4 is 35.1 Å². The maximum Gasteiger partial charge on any atom is 0.238 e. The van der Waals surface area contributed by atoms with Gasteiger partial charge in [0.1, 0.15) is 11.6 Å². The molecule has 2 aromatic heterocycles. The number of halogens is 1.